The molecule has 96 valence electrons. The second kappa shape index (κ2) is 7.04. The second-order valence-corrected chi connectivity index (χ2v) is 4.32. The number of carboxylic acids is 1. The van der Waals surface area contributed by atoms with Gasteiger partial charge >= 0.3 is 5.97 Å². The number of hydrogen-bond donors (Lipinski definition) is 1. The van der Waals surface area contributed by atoms with E-state index in [4.69, 9.17) is 9.52 Å². The number of aliphatic carboxylic acids is 1. The van der Waals surface area contributed by atoms with Gasteiger partial charge in [0.1, 0.15) is 0 Å². The Hall–Kier alpha value is -1.39. The molecule has 0 saturated carbocycles. The summed E-state index contributed by atoms with van der Waals surface area (Å²) in [6, 6.07) is 0. The van der Waals surface area contributed by atoms with Crippen molar-refractivity contribution in [3.63, 3.8) is 0 Å². The highest BCUT2D eigenvalue weighted by atomic mass is 16.4. The number of unbranched alkanes of at least 4 members (excludes halogenated alkanes) is 1. The molecular formula is C12H20N2O3. The number of carbonyl (C=O) groups is 1. The first-order chi connectivity index (χ1) is 8.13. The Morgan fingerprint density at radius 1 is 1.41 bits per heavy atom. The Morgan fingerprint density at radius 2 is 2.18 bits per heavy atom. The van der Waals surface area contributed by atoms with Crippen LogP contribution >= 0.6 is 0 Å². The lowest BCUT2D eigenvalue weighted by Crippen LogP contribution is -1.95. The molecule has 0 bridgehead atoms. The van der Waals surface area contributed by atoms with E-state index in [1.165, 1.54) is 0 Å². The van der Waals surface area contributed by atoms with Crippen LogP contribution in [0, 0.1) is 0 Å². The quantitative estimate of drug-likeness (QED) is 0.707. The van der Waals surface area contributed by atoms with E-state index in [0.717, 1.165) is 19.3 Å². The summed E-state index contributed by atoms with van der Waals surface area (Å²) in [6.07, 6.45) is 4.43. The third kappa shape index (κ3) is 4.97. The molecule has 0 aliphatic heterocycles. The molecule has 1 unspecified atom stereocenters. The highest BCUT2D eigenvalue weighted by Crippen LogP contribution is 2.19. The minimum absolute atomic E-state index is 0.202. The molecular weight excluding hydrogens is 220 g/mol. The molecule has 5 heteroatoms. The van der Waals surface area contributed by atoms with Gasteiger partial charge in [-0.3, -0.25) is 4.79 Å². The van der Waals surface area contributed by atoms with Gasteiger partial charge in [-0.15, -0.1) is 10.2 Å². The SMILES string of the molecule is CCCC(C)c1nnc(CCCCC(=O)O)o1. The maximum atomic E-state index is 10.3. The zero-order valence-corrected chi connectivity index (χ0v) is 10.5. The first kappa shape index (κ1) is 13.7. The third-order valence-corrected chi connectivity index (χ3v) is 2.66. The van der Waals surface area contributed by atoms with E-state index in [2.05, 4.69) is 24.0 Å². The van der Waals surface area contributed by atoms with Gasteiger partial charge in [-0.05, 0) is 19.3 Å². The second-order valence-electron chi connectivity index (χ2n) is 4.32. The van der Waals surface area contributed by atoms with Crippen LogP contribution in [-0.4, -0.2) is 21.3 Å². The monoisotopic (exact) mass is 240 g/mol. The van der Waals surface area contributed by atoms with Crippen molar-refractivity contribution in [1.29, 1.82) is 0 Å². The van der Waals surface area contributed by atoms with E-state index in [1.54, 1.807) is 0 Å². The molecule has 0 saturated heterocycles. The van der Waals surface area contributed by atoms with Crippen LogP contribution in [0.15, 0.2) is 4.42 Å². The number of aryl methyl sites for hydroxylation is 1. The largest absolute Gasteiger partial charge is 0.481 e. The highest BCUT2D eigenvalue weighted by Gasteiger charge is 2.12. The Morgan fingerprint density at radius 3 is 2.82 bits per heavy atom. The van der Waals surface area contributed by atoms with Gasteiger partial charge in [0.05, 0.1) is 0 Å². The Kier molecular flexibility index (Phi) is 5.66. The van der Waals surface area contributed by atoms with Crippen LogP contribution in [0.2, 0.25) is 0 Å². The molecule has 1 N–H and O–H groups in total. The summed E-state index contributed by atoms with van der Waals surface area (Å²) in [5.41, 5.74) is 0. The molecule has 0 amide bonds. The predicted octanol–water partition coefficient (Wildman–Crippen LogP) is 2.77. The molecule has 1 heterocycles. The van der Waals surface area contributed by atoms with Crippen LogP contribution in [0.25, 0.3) is 0 Å². The van der Waals surface area contributed by atoms with Crippen molar-refractivity contribution >= 4 is 5.97 Å². The van der Waals surface area contributed by atoms with E-state index >= 15 is 0 Å². The van der Waals surface area contributed by atoms with Crippen LogP contribution in [0.1, 0.15) is 63.7 Å². The fourth-order valence-electron chi connectivity index (χ4n) is 1.68. The highest BCUT2D eigenvalue weighted by molar-refractivity contribution is 5.66. The van der Waals surface area contributed by atoms with Crippen molar-refractivity contribution in [2.75, 3.05) is 0 Å². The lowest BCUT2D eigenvalue weighted by Gasteiger charge is -2.02. The molecule has 0 fully saturated rings. The minimum Gasteiger partial charge on any atom is -0.481 e. The molecule has 5 nitrogen and oxygen atoms in total. The Balaban J connectivity index is 2.32. The van der Waals surface area contributed by atoms with Crippen LogP contribution in [-0.2, 0) is 11.2 Å². The van der Waals surface area contributed by atoms with Crippen LogP contribution in [0.5, 0.6) is 0 Å². The van der Waals surface area contributed by atoms with Crippen molar-refractivity contribution in [2.24, 2.45) is 0 Å². The number of hydrogen-bond acceptors (Lipinski definition) is 4. The molecule has 0 spiro atoms. The molecule has 1 rings (SSSR count). The van der Waals surface area contributed by atoms with Crippen molar-refractivity contribution in [3.05, 3.63) is 11.8 Å². The number of aromatic nitrogens is 2. The number of rotatable bonds is 8. The first-order valence-electron chi connectivity index (χ1n) is 6.17. The lowest BCUT2D eigenvalue weighted by atomic mass is 10.1. The van der Waals surface area contributed by atoms with Crippen molar-refractivity contribution < 1.29 is 14.3 Å². The molecule has 1 aromatic heterocycles. The van der Waals surface area contributed by atoms with Gasteiger partial charge in [0.15, 0.2) is 0 Å². The molecule has 1 atom stereocenters. The van der Waals surface area contributed by atoms with E-state index in [0.29, 0.717) is 30.5 Å². The van der Waals surface area contributed by atoms with Gasteiger partial charge in [-0.25, -0.2) is 0 Å². The summed E-state index contributed by atoms with van der Waals surface area (Å²) in [4.78, 5) is 10.3. The van der Waals surface area contributed by atoms with Gasteiger partial charge < -0.3 is 9.52 Å². The van der Waals surface area contributed by atoms with E-state index in [-0.39, 0.29) is 6.42 Å². The van der Waals surface area contributed by atoms with E-state index < -0.39 is 5.97 Å². The van der Waals surface area contributed by atoms with Crippen molar-refractivity contribution in [3.8, 4) is 0 Å². The molecule has 0 aliphatic carbocycles. The van der Waals surface area contributed by atoms with Gasteiger partial charge in [0.2, 0.25) is 11.8 Å². The van der Waals surface area contributed by atoms with Crippen LogP contribution < -0.4 is 0 Å². The maximum Gasteiger partial charge on any atom is 0.303 e. The Labute approximate surface area is 101 Å². The third-order valence-electron chi connectivity index (χ3n) is 2.66. The molecule has 0 aliphatic rings. The summed E-state index contributed by atoms with van der Waals surface area (Å²) >= 11 is 0. The average molecular weight is 240 g/mol. The first-order valence-corrected chi connectivity index (χ1v) is 6.17. The lowest BCUT2D eigenvalue weighted by molar-refractivity contribution is -0.137. The van der Waals surface area contributed by atoms with Crippen molar-refractivity contribution in [2.45, 2.75) is 58.3 Å². The normalized spacial score (nSPS) is 12.6. The number of carboxylic acid groups (broad SMARTS) is 1. The molecule has 0 radical (unpaired) electrons. The molecule has 17 heavy (non-hydrogen) atoms. The molecule has 0 aromatic carbocycles. The zero-order chi connectivity index (χ0) is 12.7. The van der Waals surface area contributed by atoms with E-state index in [1.807, 2.05) is 0 Å². The minimum atomic E-state index is -0.757. The fourth-order valence-corrected chi connectivity index (χ4v) is 1.68. The van der Waals surface area contributed by atoms with Gasteiger partial charge in [-0.1, -0.05) is 20.3 Å². The van der Waals surface area contributed by atoms with Gasteiger partial charge in [0, 0.05) is 18.8 Å². The standard InChI is InChI=1S/C12H20N2O3/c1-3-6-9(2)12-14-13-10(17-12)7-4-5-8-11(15)16/h9H,3-8H2,1-2H3,(H,15,16). The molecule has 1 aromatic rings. The summed E-state index contributed by atoms with van der Waals surface area (Å²) in [5.74, 6) is 0.862. The van der Waals surface area contributed by atoms with Gasteiger partial charge in [0.25, 0.3) is 0 Å². The summed E-state index contributed by atoms with van der Waals surface area (Å²) in [7, 11) is 0. The topological polar surface area (TPSA) is 76.2 Å². The average Bonchev–Trinajstić information content (AvgIpc) is 2.73. The summed E-state index contributed by atoms with van der Waals surface area (Å²) < 4.78 is 5.54. The summed E-state index contributed by atoms with van der Waals surface area (Å²) in [5, 5.41) is 16.5. The van der Waals surface area contributed by atoms with Crippen molar-refractivity contribution in [1.82, 2.24) is 10.2 Å². The fraction of sp³-hybridized carbons (Fsp3) is 0.750. The predicted molar refractivity (Wildman–Crippen MR) is 62.8 cm³/mol. The van der Waals surface area contributed by atoms with Gasteiger partial charge in [-0.2, -0.15) is 0 Å². The Bertz CT molecular complexity index is 349. The number of nitrogens with zero attached hydrogens (tertiary/aromatic N) is 2. The van der Waals surface area contributed by atoms with E-state index in [9.17, 15) is 4.79 Å². The smallest absolute Gasteiger partial charge is 0.303 e. The zero-order valence-electron chi connectivity index (χ0n) is 10.5. The summed E-state index contributed by atoms with van der Waals surface area (Å²) in [6.45, 7) is 4.20. The maximum absolute atomic E-state index is 10.3. The van der Waals surface area contributed by atoms with Crippen LogP contribution in [0.4, 0.5) is 0 Å². The van der Waals surface area contributed by atoms with Crippen LogP contribution in [0.3, 0.4) is 0 Å².